The van der Waals surface area contributed by atoms with Crippen molar-refractivity contribution >= 4 is 29.4 Å². The van der Waals surface area contributed by atoms with Gasteiger partial charge in [-0.2, -0.15) is 0 Å². The van der Waals surface area contributed by atoms with Gasteiger partial charge in [-0.25, -0.2) is 0 Å². The van der Waals surface area contributed by atoms with Crippen molar-refractivity contribution in [3.8, 4) is 5.75 Å². The van der Waals surface area contributed by atoms with Gasteiger partial charge in [0.2, 0.25) is 0 Å². The third-order valence-corrected chi connectivity index (χ3v) is 4.24. The second kappa shape index (κ2) is 7.57. The summed E-state index contributed by atoms with van der Waals surface area (Å²) < 4.78 is 0. The summed E-state index contributed by atoms with van der Waals surface area (Å²) in [6.07, 6.45) is 5.49. The molecule has 0 aliphatic heterocycles. The Morgan fingerprint density at radius 2 is 1.96 bits per heavy atom. The molecule has 0 saturated carbocycles. The van der Waals surface area contributed by atoms with Crippen LogP contribution in [0.4, 0.5) is 0 Å². The number of aromatic nitrogens is 1. The molecule has 0 atom stereocenters. The van der Waals surface area contributed by atoms with Crippen LogP contribution in [-0.4, -0.2) is 16.0 Å². The van der Waals surface area contributed by atoms with Crippen molar-refractivity contribution in [3.05, 3.63) is 81.8 Å². The van der Waals surface area contributed by atoms with Gasteiger partial charge in [0.1, 0.15) is 5.75 Å². The number of hydrogen-bond acceptors (Lipinski definition) is 4. The minimum atomic E-state index is -0.177. The summed E-state index contributed by atoms with van der Waals surface area (Å²) in [4.78, 5) is 17.6. The molecule has 3 rings (SSSR count). The Bertz CT molecular complexity index is 823. The van der Waals surface area contributed by atoms with Crippen LogP contribution in [-0.2, 0) is 6.54 Å². The number of pyridine rings is 1. The van der Waals surface area contributed by atoms with Crippen LogP contribution < -0.4 is 5.32 Å². The molecule has 0 bridgehead atoms. The molecule has 4 nitrogen and oxygen atoms in total. The first kappa shape index (κ1) is 16.0. The summed E-state index contributed by atoms with van der Waals surface area (Å²) >= 11 is 1.66. The smallest absolute Gasteiger partial charge is 0.253 e. The number of aromatic hydroxyl groups is 1. The number of rotatable bonds is 5. The van der Waals surface area contributed by atoms with Crippen LogP contribution in [0.15, 0.2) is 60.1 Å². The minimum absolute atomic E-state index is 0.177. The Balaban J connectivity index is 1.58. The van der Waals surface area contributed by atoms with Gasteiger partial charge >= 0.3 is 0 Å². The van der Waals surface area contributed by atoms with Crippen molar-refractivity contribution in [2.24, 2.45) is 0 Å². The number of phenols is 1. The lowest BCUT2D eigenvalue weighted by Gasteiger charge is -2.05. The van der Waals surface area contributed by atoms with Gasteiger partial charge in [-0.1, -0.05) is 18.2 Å². The second-order valence-corrected chi connectivity index (χ2v) is 6.15. The third-order valence-electron chi connectivity index (χ3n) is 3.40. The average Bonchev–Trinajstić information content (AvgIpc) is 3.13. The fourth-order valence-electron chi connectivity index (χ4n) is 2.09. The Kier molecular flexibility index (Phi) is 5.03. The summed E-state index contributed by atoms with van der Waals surface area (Å²) in [5.41, 5.74) is 2.24. The summed E-state index contributed by atoms with van der Waals surface area (Å²) in [5, 5.41) is 14.1. The maximum absolute atomic E-state index is 12.1. The van der Waals surface area contributed by atoms with Gasteiger partial charge in [-0.15, -0.1) is 11.3 Å². The summed E-state index contributed by atoms with van der Waals surface area (Å²) in [7, 11) is 0. The molecule has 2 N–H and O–H groups in total. The highest BCUT2D eigenvalue weighted by molar-refractivity contribution is 7.10. The van der Waals surface area contributed by atoms with E-state index in [4.69, 9.17) is 0 Å². The van der Waals surface area contributed by atoms with E-state index in [-0.39, 0.29) is 11.7 Å². The van der Waals surface area contributed by atoms with Crippen LogP contribution in [0.2, 0.25) is 0 Å². The van der Waals surface area contributed by atoms with Crippen molar-refractivity contribution in [1.29, 1.82) is 0 Å². The Morgan fingerprint density at radius 3 is 2.62 bits per heavy atom. The maximum atomic E-state index is 12.1. The number of nitrogens with one attached hydrogen (secondary N) is 1. The van der Waals surface area contributed by atoms with Crippen LogP contribution in [0.3, 0.4) is 0 Å². The zero-order valence-corrected chi connectivity index (χ0v) is 13.7. The molecule has 120 valence electrons. The van der Waals surface area contributed by atoms with E-state index in [0.29, 0.717) is 12.1 Å². The van der Waals surface area contributed by atoms with Gasteiger partial charge in [0.25, 0.3) is 5.91 Å². The van der Waals surface area contributed by atoms with E-state index >= 15 is 0 Å². The predicted octanol–water partition coefficient (Wildman–Crippen LogP) is 3.95. The van der Waals surface area contributed by atoms with E-state index in [1.54, 1.807) is 47.9 Å². The summed E-state index contributed by atoms with van der Waals surface area (Å²) in [6, 6.07) is 14.3. The Morgan fingerprint density at radius 1 is 1.12 bits per heavy atom. The van der Waals surface area contributed by atoms with Gasteiger partial charge in [0.15, 0.2) is 0 Å². The fourth-order valence-corrected chi connectivity index (χ4v) is 2.71. The number of phenolic OH excluding ortho intramolecular Hbond substituents is 1. The van der Waals surface area contributed by atoms with Crippen LogP contribution in [0.1, 0.15) is 26.5 Å². The van der Waals surface area contributed by atoms with E-state index in [1.807, 2.05) is 35.7 Å². The molecule has 2 aromatic heterocycles. The standard InChI is InChI=1S/C19H16N2O2S/c22-17-8-3-14(4-9-17)12-21-19(23)15-5-6-16(20-13-15)7-10-18-2-1-11-24-18/h1-11,13,22H,12H2,(H,21,23). The number of thiophene rings is 1. The molecular weight excluding hydrogens is 320 g/mol. The van der Waals surface area contributed by atoms with E-state index in [2.05, 4.69) is 10.3 Å². The number of amides is 1. The quantitative estimate of drug-likeness (QED) is 0.741. The zero-order chi connectivity index (χ0) is 16.8. The monoisotopic (exact) mass is 336 g/mol. The first-order valence-corrected chi connectivity index (χ1v) is 8.32. The first-order chi connectivity index (χ1) is 11.7. The molecule has 0 unspecified atom stereocenters. The molecule has 2 heterocycles. The maximum Gasteiger partial charge on any atom is 0.253 e. The van der Waals surface area contributed by atoms with Gasteiger partial charge in [0.05, 0.1) is 11.3 Å². The predicted molar refractivity (Wildman–Crippen MR) is 96.8 cm³/mol. The van der Waals surface area contributed by atoms with Gasteiger partial charge in [-0.3, -0.25) is 9.78 Å². The molecule has 0 aliphatic rings. The van der Waals surface area contributed by atoms with Crippen molar-refractivity contribution in [2.45, 2.75) is 6.54 Å². The highest BCUT2D eigenvalue weighted by atomic mass is 32.1. The van der Waals surface area contributed by atoms with E-state index in [1.165, 1.54) is 0 Å². The molecule has 3 aromatic rings. The number of benzene rings is 1. The molecule has 0 fully saturated rings. The van der Waals surface area contributed by atoms with Crippen molar-refractivity contribution in [2.75, 3.05) is 0 Å². The lowest BCUT2D eigenvalue weighted by molar-refractivity contribution is 0.0950. The first-order valence-electron chi connectivity index (χ1n) is 7.44. The fraction of sp³-hybridized carbons (Fsp3) is 0.0526. The lowest BCUT2D eigenvalue weighted by Crippen LogP contribution is -2.22. The van der Waals surface area contributed by atoms with Crippen molar-refractivity contribution in [1.82, 2.24) is 10.3 Å². The van der Waals surface area contributed by atoms with E-state index < -0.39 is 0 Å². The largest absolute Gasteiger partial charge is 0.508 e. The molecule has 0 radical (unpaired) electrons. The second-order valence-electron chi connectivity index (χ2n) is 5.17. The number of carbonyl (C=O) groups is 1. The minimum Gasteiger partial charge on any atom is -0.508 e. The van der Waals surface area contributed by atoms with E-state index in [9.17, 15) is 9.90 Å². The molecule has 0 spiro atoms. The summed E-state index contributed by atoms with van der Waals surface area (Å²) in [6.45, 7) is 0.402. The Hall–Kier alpha value is -2.92. The highest BCUT2D eigenvalue weighted by Gasteiger charge is 2.05. The number of carbonyl (C=O) groups excluding carboxylic acids is 1. The zero-order valence-electron chi connectivity index (χ0n) is 12.8. The molecule has 1 aromatic carbocycles. The molecule has 24 heavy (non-hydrogen) atoms. The van der Waals surface area contributed by atoms with Crippen LogP contribution >= 0.6 is 11.3 Å². The van der Waals surface area contributed by atoms with Crippen molar-refractivity contribution in [3.63, 3.8) is 0 Å². The van der Waals surface area contributed by atoms with Crippen LogP contribution in [0.5, 0.6) is 5.75 Å². The topological polar surface area (TPSA) is 62.2 Å². The Labute approximate surface area is 144 Å². The average molecular weight is 336 g/mol. The van der Waals surface area contributed by atoms with Gasteiger partial charge in [0, 0.05) is 17.6 Å². The SMILES string of the molecule is O=C(NCc1ccc(O)cc1)c1ccc(C=Cc2cccs2)nc1. The molecular formula is C19H16N2O2S. The van der Waals surface area contributed by atoms with Gasteiger partial charge < -0.3 is 10.4 Å². The third kappa shape index (κ3) is 4.30. The molecule has 5 heteroatoms. The lowest BCUT2D eigenvalue weighted by atomic mass is 10.2. The number of nitrogens with zero attached hydrogens (tertiary/aromatic N) is 1. The van der Waals surface area contributed by atoms with E-state index in [0.717, 1.165) is 16.1 Å². The summed E-state index contributed by atoms with van der Waals surface area (Å²) in [5.74, 6) is 0.0322. The molecule has 0 aliphatic carbocycles. The van der Waals surface area contributed by atoms with Crippen LogP contribution in [0.25, 0.3) is 12.2 Å². The van der Waals surface area contributed by atoms with Crippen molar-refractivity contribution < 1.29 is 9.90 Å². The molecule has 0 saturated heterocycles. The highest BCUT2D eigenvalue weighted by Crippen LogP contribution is 2.13. The number of hydrogen-bond donors (Lipinski definition) is 2. The normalized spacial score (nSPS) is 10.8. The van der Waals surface area contributed by atoms with Gasteiger partial charge in [-0.05, 0) is 53.4 Å². The van der Waals surface area contributed by atoms with Crippen LogP contribution in [0, 0.1) is 0 Å². The molecule has 1 amide bonds.